The highest BCUT2D eigenvalue weighted by Gasteiger charge is 1.99. The van der Waals surface area contributed by atoms with Crippen LogP contribution >= 0.6 is 11.8 Å². The molecule has 2 heteroatoms. The van der Waals surface area contributed by atoms with Crippen molar-refractivity contribution in [3.05, 3.63) is 30.3 Å². The molecular formula is C11H16OS. The van der Waals surface area contributed by atoms with Crippen LogP contribution in [0.1, 0.15) is 13.3 Å². The third kappa shape index (κ3) is 4.34. The second kappa shape index (κ2) is 6.06. The normalized spacial score (nSPS) is 12.8. The summed E-state index contributed by atoms with van der Waals surface area (Å²) in [5.74, 6) is 1.52. The van der Waals surface area contributed by atoms with Crippen molar-refractivity contribution in [1.29, 1.82) is 0 Å². The Balaban J connectivity index is 2.20. The lowest BCUT2D eigenvalue weighted by Gasteiger charge is -2.06. The van der Waals surface area contributed by atoms with E-state index in [2.05, 4.69) is 31.2 Å². The van der Waals surface area contributed by atoms with E-state index >= 15 is 0 Å². The van der Waals surface area contributed by atoms with E-state index in [-0.39, 0.29) is 0 Å². The molecule has 72 valence electrons. The number of aliphatic hydroxyl groups is 1. The van der Waals surface area contributed by atoms with Gasteiger partial charge in [0.1, 0.15) is 0 Å². The summed E-state index contributed by atoms with van der Waals surface area (Å²) in [6, 6.07) is 10.4. The molecule has 0 heterocycles. The van der Waals surface area contributed by atoms with Gasteiger partial charge < -0.3 is 5.11 Å². The average molecular weight is 196 g/mol. The van der Waals surface area contributed by atoms with Gasteiger partial charge in [-0.1, -0.05) is 25.1 Å². The summed E-state index contributed by atoms with van der Waals surface area (Å²) in [5.41, 5.74) is 0. The zero-order valence-electron chi connectivity index (χ0n) is 7.94. The van der Waals surface area contributed by atoms with Crippen LogP contribution in [0, 0.1) is 5.92 Å². The van der Waals surface area contributed by atoms with Crippen molar-refractivity contribution < 1.29 is 5.11 Å². The molecule has 13 heavy (non-hydrogen) atoms. The average Bonchev–Trinajstić information content (AvgIpc) is 2.19. The number of hydrogen-bond acceptors (Lipinski definition) is 2. The van der Waals surface area contributed by atoms with Crippen molar-refractivity contribution >= 4 is 11.8 Å². The first-order valence-corrected chi connectivity index (χ1v) is 5.60. The van der Waals surface area contributed by atoms with Crippen LogP contribution in [0.3, 0.4) is 0 Å². The molecule has 0 fully saturated rings. The smallest absolute Gasteiger partial charge is 0.0456 e. The SMILES string of the molecule is C[C@H](CO)CCSc1ccccc1. The lowest BCUT2D eigenvalue weighted by Crippen LogP contribution is -2.01. The Hall–Kier alpha value is -0.470. The van der Waals surface area contributed by atoms with Crippen molar-refractivity contribution in [1.82, 2.24) is 0 Å². The second-order valence-electron chi connectivity index (χ2n) is 3.24. The van der Waals surface area contributed by atoms with Crippen LogP contribution in [0.2, 0.25) is 0 Å². The molecule has 1 aromatic rings. The molecule has 0 bridgehead atoms. The molecule has 0 spiro atoms. The quantitative estimate of drug-likeness (QED) is 0.731. The molecule has 1 rings (SSSR count). The molecule has 0 saturated heterocycles. The van der Waals surface area contributed by atoms with E-state index in [1.165, 1.54) is 4.90 Å². The number of rotatable bonds is 5. The zero-order valence-corrected chi connectivity index (χ0v) is 8.76. The number of thioether (sulfide) groups is 1. The monoisotopic (exact) mass is 196 g/mol. The Labute approximate surface area is 84.2 Å². The molecule has 0 radical (unpaired) electrons. The predicted octanol–water partition coefficient (Wildman–Crippen LogP) is 2.80. The Morgan fingerprint density at radius 3 is 2.62 bits per heavy atom. The lowest BCUT2D eigenvalue weighted by molar-refractivity contribution is 0.235. The van der Waals surface area contributed by atoms with Crippen LogP contribution in [0.25, 0.3) is 0 Å². The molecule has 0 unspecified atom stereocenters. The van der Waals surface area contributed by atoms with Crippen LogP contribution in [0.15, 0.2) is 35.2 Å². The van der Waals surface area contributed by atoms with Crippen LogP contribution in [0.4, 0.5) is 0 Å². The molecule has 0 aliphatic carbocycles. The molecule has 0 saturated carbocycles. The zero-order chi connectivity index (χ0) is 9.52. The largest absolute Gasteiger partial charge is 0.396 e. The predicted molar refractivity (Wildman–Crippen MR) is 58.0 cm³/mol. The molecule has 1 atom stereocenters. The van der Waals surface area contributed by atoms with Crippen molar-refractivity contribution in [2.45, 2.75) is 18.2 Å². The second-order valence-corrected chi connectivity index (χ2v) is 4.41. The van der Waals surface area contributed by atoms with Crippen LogP contribution in [-0.4, -0.2) is 17.5 Å². The van der Waals surface area contributed by atoms with Crippen molar-refractivity contribution in [3.63, 3.8) is 0 Å². The topological polar surface area (TPSA) is 20.2 Å². The maximum absolute atomic E-state index is 8.82. The number of hydrogen-bond donors (Lipinski definition) is 1. The number of aliphatic hydroxyl groups excluding tert-OH is 1. The van der Waals surface area contributed by atoms with E-state index in [0.717, 1.165) is 12.2 Å². The van der Waals surface area contributed by atoms with Crippen molar-refractivity contribution in [2.75, 3.05) is 12.4 Å². The highest BCUT2D eigenvalue weighted by Crippen LogP contribution is 2.19. The van der Waals surface area contributed by atoms with Gasteiger partial charge in [0, 0.05) is 11.5 Å². The molecule has 0 aliphatic rings. The summed E-state index contributed by atoms with van der Waals surface area (Å²) in [4.78, 5) is 1.31. The van der Waals surface area contributed by atoms with Gasteiger partial charge in [0.2, 0.25) is 0 Å². The first-order valence-electron chi connectivity index (χ1n) is 4.61. The minimum Gasteiger partial charge on any atom is -0.396 e. The molecule has 0 aliphatic heterocycles. The van der Waals surface area contributed by atoms with Gasteiger partial charge in [0.15, 0.2) is 0 Å². The Bertz CT molecular complexity index is 223. The molecule has 0 amide bonds. The standard InChI is InChI=1S/C11H16OS/c1-10(9-12)7-8-13-11-5-3-2-4-6-11/h2-6,10,12H,7-9H2,1H3/t10-/m0/s1. The maximum atomic E-state index is 8.82. The molecule has 1 N–H and O–H groups in total. The Kier molecular flexibility index (Phi) is 4.94. The molecule has 0 aromatic heterocycles. The van der Waals surface area contributed by atoms with Gasteiger partial charge >= 0.3 is 0 Å². The highest BCUT2D eigenvalue weighted by molar-refractivity contribution is 7.99. The van der Waals surface area contributed by atoms with E-state index in [9.17, 15) is 0 Å². The van der Waals surface area contributed by atoms with Gasteiger partial charge in [0.05, 0.1) is 0 Å². The lowest BCUT2D eigenvalue weighted by atomic mass is 10.1. The van der Waals surface area contributed by atoms with Gasteiger partial charge in [-0.3, -0.25) is 0 Å². The highest BCUT2D eigenvalue weighted by atomic mass is 32.2. The number of benzene rings is 1. The molecule has 1 aromatic carbocycles. The van der Waals surface area contributed by atoms with Crippen LogP contribution < -0.4 is 0 Å². The first-order chi connectivity index (χ1) is 6.33. The summed E-state index contributed by atoms with van der Waals surface area (Å²) in [6.45, 7) is 2.38. The first kappa shape index (κ1) is 10.6. The van der Waals surface area contributed by atoms with Gasteiger partial charge in [-0.2, -0.15) is 0 Å². The van der Waals surface area contributed by atoms with Gasteiger partial charge in [-0.15, -0.1) is 11.8 Å². The van der Waals surface area contributed by atoms with Gasteiger partial charge in [-0.25, -0.2) is 0 Å². The fourth-order valence-corrected chi connectivity index (χ4v) is 2.09. The minimum atomic E-state index is 0.301. The summed E-state index contributed by atoms with van der Waals surface area (Å²) < 4.78 is 0. The van der Waals surface area contributed by atoms with Gasteiger partial charge in [0.25, 0.3) is 0 Å². The summed E-state index contributed by atoms with van der Waals surface area (Å²) in [6.07, 6.45) is 1.08. The third-order valence-electron chi connectivity index (χ3n) is 1.93. The maximum Gasteiger partial charge on any atom is 0.0456 e. The Morgan fingerprint density at radius 1 is 1.31 bits per heavy atom. The molecule has 1 nitrogen and oxygen atoms in total. The fourth-order valence-electron chi connectivity index (χ4n) is 0.986. The van der Waals surface area contributed by atoms with Crippen molar-refractivity contribution in [2.24, 2.45) is 5.92 Å². The summed E-state index contributed by atoms with van der Waals surface area (Å²) >= 11 is 1.85. The molecular weight excluding hydrogens is 180 g/mol. The van der Waals surface area contributed by atoms with E-state index in [0.29, 0.717) is 12.5 Å². The Morgan fingerprint density at radius 2 is 2.00 bits per heavy atom. The third-order valence-corrected chi connectivity index (χ3v) is 2.98. The summed E-state index contributed by atoms with van der Waals surface area (Å²) in [7, 11) is 0. The summed E-state index contributed by atoms with van der Waals surface area (Å²) in [5, 5.41) is 8.82. The van der Waals surface area contributed by atoms with Crippen molar-refractivity contribution in [3.8, 4) is 0 Å². The fraction of sp³-hybridized carbons (Fsp3) is 0.455. The van der Waals surface area contributed by atoms with Crippen LogP contribution in [-0.2, 0) is 0 Å². The van der Waals surface area contributed by atoms with Crippen LogP contribution in [0.5, 0.6) is 0 Å². The van der Waals surface area contributed by atoms with E-state index < -0.39 is 0 Å². The van der Waals surface area contributed by atoms with E-state index in [1.807, 2.05) is 17.8 Å². The van der Waals surface area contributed by atoms with E-state index in [1.54, 1.807) is 0 Å². The minimum absolute atomic E-state index is 0.301. The van der Waals surface area contributed by atoms with Gasteiger partial charge in [-0.05, 0) is 30.2 Å². The van der Waals surface area contributed by atoms with E-state index in [4.69, 9.17) is 5.11 Å².